The molecule has 0 atom stereocenters. The summed E-state index contributed by atoms with van der Waals surface area (Å²) in [5, 5.41) is 0.398. The van der Waals surface area contributed by atoms with Gasteiger partial charge < -0.3 is 4.74 Å². The van der Waals surface area contributed by atoms with E-state index in [1.54, 1.807) is 0 Å². The first kappa shape index (κ1) is 17.4. The summed E-state index contributed by atoms with van der Waals surface area (Å²) in [4.78, 5) is 16.2. The SMILES string of the molecule is COc1ccc2c(c1)c1c(n2C(=O)C(F)(F)C(F)(F)F)C(C)=NCC1. The normalized spacial score (nSPS) is 15.1. The van der Waals surface area contributed by atoms with Gasteiger partial charge in [-0.1, -0.05) is 0 Å². The minimum absolute atomic E-state index is 0.0107. The molecule has 0 saturated heterocycles. The lowest BCUT2D eigenvalue weighted by Gasteiger charge is -2.21. The van der Waals surface area contributed by atoms with E-state index in [9.17, 15) is 26.7 Å². The van der Waals surface area contributed by atoms with Crippen LogP contribution >= 0.6 is 0 Å². The quantitative estimate of drug-likeness (QED) is 0.764. The molecule has 1 aliphatic heterocycles. The highest BCUT2D eigenvalue weighted by molar-refractivity contribution is 6.11. The molecular formula is C16H13F5N2O2. The van der Waals surface area contributed by atoms with Crippen molar-refractivity contribution in [3.8, 4) is 5.75 Å². The smallest absolute Gasteiger partial charge is 0.463 e. The number of rotatable bonds is 2. The topological polar surface area (TPSA) is 43.6 Å². The van der Waals surface area contributed by atoms with Gasteiger partial charge in [0.2, 0.25) is 0 Å². The Hall–Kier alpha value is -2.45. The lowest BCUT2D eigenvalue weighted by Crippen LogP contribution is -2.47. The number of carbonyl (C=O) groups is 1. The summed E-state index contributed by atoms with van der Waals surface area (Å²) in [5.41, 5.74) is 0.704. The number of hydrogen-bond acceptors (Lipinski definition) is 3. The molecule has 0 spiro atoms. The fourth-order valence-electron chi connectivity index (χ4n) is 2.98. The number of methoxy groups -OCH3 is 1. The predicted molar refractivity (Wildman–Crippen MR) is 80.9 cm³/mol. The number of ether oxygens (including phenoxy) is 1. The number of nitrogens with zero attached hydrogens (tertiary/aromatic N) is 2. The fourth-order valence-corrected chi connectivity index (χ4v) is 2.98. The van der Waals surface area contributed by atoms with Crippen LogP contribution in [0.4, 0.5) is 22.0 Å². The van der Waals surface area contributed by atoms with E-state index in [0.29, 0.717) is 34.2 Å². The van der Waals surface area contributed by atoms with Crippen LogP contribution in [0, 0.1) is 0 Å². The largest absolute Gasteiger partial charge is 0.497 e. The van der Waals surface area contributed by atoms with Gasteiger partial charge in [-0.3, -0.25) is 14.4 Å². The Morgan fingerprint density at radius 2 is 1.92 bits per heavy atom. The van der Waals surface area contributed by atoms with E-state index in [4.69, 9.17) is 4.74 Å². The van der Waals surface area contributed by atoms with Crippen LogP contribution < -0.4 is 4.74 Å². The summed E-state index contributed by atoms with van der Waals surface area (Å²) in [7, 11) is 1.40. The summed E-state index contributed by atoms with van der Waals surface area (Å²) in [5.74, 6) is -7.44. The Labute approximate surface area is 138 Å². The van der Waals surface area contributed by atoms with E-state index in [0.717, 1.165) is 0 Å². The molecule has 134 valence electrons. The van der Waals surface area contributed by atoms with Gasteiger partial charge in [-0.25, -0.2) is 0 Å². The number of aliphatic imine (C=N–C) groups is 1. The zero-order chi connectivity index (χ0) is 18.6. The Morgan fingerprint density at radius 1 is 1.24 bits per heavy atom. The second kappa shape index (κ2) is 5.53. The van der Waals surface area contributed by atoms with E-state index < -0.39 is 18.0 Å². The minimum atomic E-state index is -5.99. The standard InChI is InChI=1S/C16H13F5N2O2/c1-8-13-10(5-6-22-8)11-7-9(25-2)3-4-12(11)23(13)14(24)15(17,18)16(19,20)21/h3-4,7H,5-6H2,1-2H3. The van der Waals surface area contributed by atoms with E-state index in [-0.39, 0.29) is 16.9 Å². The molecule has 0 saturated carbocycles. The van der Waals surface area contributed by atoms with Crippen LogP contribution in [0.15, 0.2) is 23.2 Å². The Bertz CT molecular complexity index is 896. The van der Waals surface area contributed by atoms with Crippen LogP contribution in [0.3, 0.4) is 0 Å². The van der Waals surface area contributed by atoms with Gasteiger partial charge in [0.1, 0.15) is 5.75 Å². The maximum absolute atomic E-state index is 13.7. The van der Waals surface area contributed by atoms with Crippen molar-refractivity contribution < 1.29 is 31.5 Å². The van der Waals surface area contributed by atoms with Gasteiger partial charge in [-0.2, -0.15) is 22.0 Å². The third-order valence-electron chi connectivity index (χ3n) is 4.16. The number of benzene rings is 1. The highest BCUT2D eigenvalue weighted by Crippen LogP contribution is 2.40. The van der Waals surface area contributed by atoms with Crippen LogP contribution in [0.5, 0.6) is 5.75 Å². The second-order valence-corrected chi connectivity index (χ2v) is 5.64. The summed E-state index contributed by atoms with van der Waals surface area (Å²) < 4.78 is 71.0. The molecule has 0 amide bonds. The Kier molecular flexibility index (Phi) is 3.85. The summed E-state index contributed by atoms with van der Waals surface area (Å²) in [6.07, 6.45) is -5.66. The maximum atomic E-state index is 13.7. The molecule has 9 heteroatoms. The molecule has 1 aliphatic rings. The van der Waals surface area contributed by atoms with Crippen molar-refractivity contribution in [1.82, 2.24) is 4.57 Å². The highest BCUT2D eigenvalue weighted by atomic mass is 19.4. The highest BCUT2D eigenvalue weighted by Gasteiger charge is 2.64. The van der Waals surface area contributed by atoms with Crippen molar-refractivity contribution in [2.75, 3.05) is 13.7 Å². The number of carbonyl (C=O) groups excluding carboxylic acids is 1. The molecule has 25 heavy (non-hydrogen) atoms. The number of halogens is 5. The van der Waals surface area contributed by atoms with Crippen molar-refractivity contribution in [2.45, 2.75) is 25.4 Å². The first-order chi connectivity index (χ1) is 11.6. The number of aromatic nitrogens is 1. The van der Waals surface area contributed by atoms with Gasteiger partial charge in [0, 0.05) is 11.9 Å². The molecule has 1 aromatic heterocycles. The maximum Gasteiger partial charge on any atom is 0.463 e. The molecule has 0 unspecified atom stereocenters. The van der Waals surface area contributed by atoms with Crippen molar-refractivity contribution in [2.24, 2.45) is 4.99 Å². The zero-order valence-corrected chi connectivity index (χ0v) is 13.2. The average molecular weight is 360 g/mol. The third kappa shape index (κ3) is 2.49. The molecule has 3 rings (SSSR count). The Morgan fingerprint density at radius 3 is 2.52 bits per heavy atom. The molecular weight excluding hydrogens is 347 g/mol. The lowest BCUT2D eigenvalue weighted by molar-refractivity contribution is -0.257. The van der Waals surface area contributed by atoms with Crippen LogP contribution in [0.1, 0.15) is 23.0 Å². The average Bonchev–Trinajstić information content (AvgIpc) is 2.88. The van der Waals surface area contributed by atoms with Crippen molar-refractivity contribution in [3.05, 3.63) is 29.5 Å². The second-order valence-electron chi connectivity index (χ2n) is 5.64. The van der Waals surface area contributed by atoms with Crippen LogP contribution in [0.25, 0.3) is 10.9 Å². The van der Waals surface area contributed by atoms with Crippen LogP contribution in [-0.4, -0.2) is 41.9 Å². The van der Waals surface area contributed by atoms with Crippen LogP contribution in [0.2, 0.25) is 0 Å². The predicted octanol–water partition coefficient (Wildman–Crippen LogP) is 3.85. The molecule has 2 heterocycles. The molecule has 1 aromatic carbocycles. The molecule has 0 N–H and O–H groups in total. The first-order valence-corrected chi connectivity index (χ1v) is 7.31. The number of fused-ring (bicyclic) bond motifs is 3. The molecule has 4 nitrogen and oxygen atoms in total. The Balaban J connectivity index is 2.34. The molecule has 0 aliphatic carbocycles. The minimum Gasteiger partial charge on any atom is -0.497 e. The van der Waals surface area contributed by atoms with E-state index in [1.165, 1.54) is 32.2 Å². The van der Waals surface area contributed by atoms with Crippen molar-refractivity contribution >= 4 is 22.5 Å². The first-order valence-electron chi connectivity index (χ1n) is 7.31. The van der Waals surface area contributed by atoms with Gasteiger partial charge in [0.05, 0.1) is 24.0 Å². The summed E-state index contributed by atoms with van der Waals surface area (Å²) >= 11 is 0. The van der Waals surface area contributed by atoms with E-state index in [1.807, 2.05) is 0 Å². The fraction of sp³-hybridized carbons (Fsp3) is 0.375. The molecule has 0 fully saturated rings. The van der Waals surface area contributed by atoms with Gasteiger partial charge in [0.25, 0.3) is 0 Å². The molecule has 0 radical (unpaired) electrons. The number of alkyl halides is 5. The lowest BCUT2D eigenvalue weighted by atomic mass is 10.0. The summed E-state index contributed by atoms with van der Waals surface area (Å²) in [6, 6.07) is 4.21. The molecule has 0 bridgehead atoms. The van der Waals surface area contributed by atoms with Crippen molar-refractivity contribution in [1.29, 1.82) is 0 Å². The zero-order valence-electron chi connectivity index (χ0n) is 13.2. The van der Waals surface area contributed by atoms with Gasteiger partial charge in [-0.15, -0.1) is 0 Å². The van der Waals surface area contributed by atoms with Gasteiger partial charge >= 0.3 is 18.0 Å². The van der Waals surface area contributed by atoms with Crippen LogP contribution in [-0.2, 0) is 6.42 Å². The third-order valence-corrected chi connectivity index (χ3v) is 4.16. The van der Waals surface area contributed by atoms with E-state index >= 15 is 0 Å². The monoisotopic (exact) mass is 360 g/mol. The van der Waals surface area contributed by atoms with Crippen molar-refractivity contribution in [3.63, 3.8) is 0 Å². The number of hydrogen-bond donors (Lipinski definition) is 0. The summed E-state index contributed by atoms with van der Waals surface area (Å²) in [6.45, 7) is 1.84. The van der Waals surface area contributed by atoms with E-state index in [2.05, 4.69) is 4.99 Å². The van der Waals surface area contributed by atoms with Gasteiger partial charge in [0.15, 0.2) is 0 Å². The van der Waals surface area contributed by atoms with Gasteiger partial charge in [-0.05, 0) is 37.1 Å². The molecule has 2 aromatic rings.